The molecule has 0 aromatic rings. The smallest absolute Gasteiger partial charge is 0.306 e. The van der Waals surface area contributed by atoms with Crippen LogP contribution < -0.4 is 10.6 Å². The zero-order valence-electron chi connectivity index (χ0n) is 9.77. The molecule has 98 valence electrons. The minimum atomic E-state index is -0.365. The molecule has 2 rings (SSSR count). The summed E-state index contributed by atoms with van der Waals surface area (Å²) in [7, 11) is 0. The van der Waals surface area contributed by atoms with Crippen LogP contribution in [0, 0.1) is 0 Å². The maximum atomic E-state index is 11.4. The first-order chi connectivity index (χ1) is 8.77. The van der Waals surface area contributed by atoms with E-state index in [1.165, 1.54) is 0 Å². The van der Waals surface area contributed by atoms with E-state index in [0.717, 1.165) is 0 Å². The summed E-state index contributed by atoms with van der Waals surface area (Å²) >= 11 is 0. The summed E-state index contributed by atoms with van der Waals surface area (Å²) < 4.78 is 9.97. The van der Waals surface area contributed by atoms with Crippen molar-refractivity contribution in [2.24, 2.45) is 9.98 Å². The molecule has 0 aromatic carbocycles. The van der Waals surface area contributed by atoms with Crippen LogP contribution in [-0.2, 0) is 19.1 Å². The lowest BCUT2D eigenvalue weighted by molar-refractivity contribution is -0.117. The zero-order valence-corrected chi connectivity index (χ0v) is 9.77. The van der Waals surface area contributed by atoms with Crippen molar-refractivity contribution in [2.45, 2.75) is 0 Å². The van der Waals surface area contributed by atoms with Gasteiger partial charge < -0.3 is 20.1 Å². The van der Waals surface area contributed by atoms with E-state index in [1.54, 1.807) is 0 Å². The highest BCUT2D eigenvalue weighted by Gasteiger charge is 2.18. The molecule has 2 aliphatic rings. The molecular weight excluding hydrogens is 240 g/mol. The Balaban J connectivity index is 1.61. The van der Waals surface area contributed by atoms with Crippen molar-refractivity contribution in [3.8, 4) is 0 Å². The first kappa shape index (κ1) is 12.3. The van der Waals surface area contributed by atoms with E-state index in [9.17, 15) is 9.59 Å². The quantitative estimate of drug-likeness (QED) is 0.558. The molecular formula is C10H14N4O4. The summed E-state index contributed by atoms with van der Waals surface area (Å²) in [6.45, 7) is 2.49. The SMILES string of the molecule is O=C(NCCNC(=O)C1=NCCO1)C1=NCCO1. The van der Waals surface area contributed by atoms with Crippen LogP contribution in [0.1, 0.15) is 0 Å². The molecule has 0 saturated carbocycles. The van der Waals surface area contributed by atoms with Crippen LogP contribution in [0.4, 0.5) is 0 Å². The summed E-state index contributed by atoms with van der Waals surface area (Å²) in [6, 6.07) is 0. The van der Waals surface area contributed by atoms with Gasteiger partial charge in [0.05, 0.1) is 13.1 Å². The van der Waals surface area contributed by atoms with Gasteiger partial charge in [0.15, 0.2) is 0 Å². The summed E-state index contributed by atoms with van der Waals surface area (Å²) in [4.78, 5) is 30.6. The van der Waals surface area contributed by atoms with E-state index in [-0.39, 0.29) is 23.6 Å². The molecule has 18 heavy (non-hydrogen) atoms. The standard InChI is InChI=1S/C10H14N4O4/c15-7(9-13-3-5-17-9)11-1-2-12-8(16)10-14-4-6-18-10/h1-6H2,(H,11,15)(H,12,16). The van der Waals surface area contributed by atoms with Crippen LogP contribution in [0.5, 0.6) is 0 Å². The average Bonchev–Trinajstić information content (AvgIpc) is 3.05. The number of ether oxygens (including phenoxy) is 2. The van der Waals surface area contributed by atoms with Crippen molar-refractivity contribution < 1.29 is 19.1 Å². The van der Waals surface area contributed by atoms with Crippen molar-refractivity contribution >= 4 is 23.6 Å². The van der Waals surface area contributed by atoms with Gasteiger partial charge in [-0.05, 0) is 0 Å². The van der Waals surface area contributed by atoms with E-state index in [4.69, 9.17) is 9.47 Å². The largest absolute Gasteiger partial charge is 0.472 e. The lowest BCUT2D eigenvalue weighted by atomic mass is 10.5. The summed E-state index contributed by atoms with van der Waals surface area (Å²) in [6.07, 6.45) is 0. The number of hydrogen-bond donors (Lipinski definition) is 2. The van der Waals surface area contributed by atoms with Gasteiger partial charge in [-0.25, -0.2) is 9.98 Å². The molecule has 0 saturated heterocycles. The number of carbonyl (C=O) groups excluding carboxylic acids is 2. The summed E-state index contributed by atoms with van der Waals surface area (Å²) in [5.41, 5.74) is 0. The molecule has 0 aliphatic carbocycles. The molecule has 0 radical (unpaired) electrons. The van der Waals surface area contributed by atoms with Gasteiger partial charge in [0.2, 0.25) is 0 Å². The Morgan fingerprint density at radius 3 is 1.72 bits per heavy atom. The van der Waals surface area contributed by atoms with Crippen LogP contribution in [0.3, 0.4) is 0 Å². The fourth-order valence-corrected chi connectivity index (χ4v) is 1.45. The average molecular weight is 254 g/mol. The summed E-state index contributed by atoms with van der Waals surface area (Å²) in [5.74, 6) is -0.526. The highest BCUT2D eigenvalue weighted by atomic mass is 16.5. The van der Waals surface area contributed by atoms with Gasteiger partial charge >= 0.3 is 11.8 Å². The minimum absolute atomic E-state index is 0.102. The number of amides is 2. The van der Waals surface area contributed by atoms with E-state index in [1.807, 2.05) is 0 Å². The predicted octanol–water partition coefficient (Wildman–Crippen LogP) is -1.92. The Hall–Kier alpha value is -2.12. The van der Waals surface area contributed by atoms with Crippen LogP contribution in [0.15, 0.2) is 9.98 Å². The van der Waals surface area contributed by atoms with Crippen LogP contribution in [0.2, 0.25) is 0 Å². The van der Waals surface area contributed by atoms with Crippen LogP contribution in [-0.4, -0.2) is 63.0 Å². The topological polar surface area (TPSA) is 101 Å². The molecule has 2 N–H and O–H groups in total. The van der Waals surface area contributed by atoms with E-state index >= 15 is 0 Å². The predicted molar refractivity (Wildman–Crippen MR) is 62.5 cm³/mol. The molecule has 0 bridgehead atoms. The second kappa shape index (κ2) is 5.99. The third kappa shape index (κ3) is 3.19. The van der Waals surface area contributed by atoms with Crippen molar-refractivity contribution in [3.63, 3.8) is 0 Å². The normalized spacial score (nSPS) is 17.3. The van der Waals surface area contributed by atoms with Gasteiger partial charge in [0.1, 0.15) is 13.2 Å². The van der Waals surface area contributed by atoms with Crippen LogP contribution >= 0.6 is 0 Å². The first-order valence-corrected chi connectivity index (χ1v) is 5.68. The van der Waals surface area contributed by atoms with E-state index in [2.05, 4.69) is 20.6 Å². The second-order valence-corrected chi connectivity index (χ2v) is 3.58. The van der Waals surface area contributed by atoms with Crippen LogP contribution in [0.25, 0.3) is 0 Å². The number of rotatable bonds is 5. The molecule has 0 fully saturated rings. The molecule has 8 nitrogen and oxygen atoms in total. The lowest BCUT2D eigenvalue weighted by Gasteiger charge is -2.06. The van der Waals surface area contributed by atoms with Gasteiger partial charge in [0, 0.05) is 13.1 Å². The third-order valence-corrected chi connectivity index (χ3v) is 2.26. The molecule has 0 atom stereocenters. The molecule has 2 aliphatic heterocycles. The maximum Gasteiger partial charge on any atom is 0.306 e. The van der Waals surface area contributed by atoms with Gasteiger partial charge in [-0.1, -0.05) is 0 Å². The number of hydrogen-bond acceptors (Lipinski definition) is 6. The molecule has 8 heteroatoms. The number of nitrogens with one attached hydrogen (secondary N) is 2. The highest BCUT2D eigenvalue weighted by Crippen LogP contribution is 1.94. The Bertz CT molecular complexity index is 367. The molecule has 2 heterocycles. The Labute approximate surface area is 103 Å². The Morgan fingerprint density at radius 2 is 1.39 bits per heavy atom. The van der Waals surface area contributed by atoms with Crippen molar-refractivity contribution in [2.75, 3.05) is 39.4 Å². The monoisotopic (exact) mass is 254 g/mol. The highest BCUT2D eigenvalue weighted by molar-refractivity contribution is 6.36. The van der Waals surface area contributed by atoms with Gasteiger partial charge in [-0.15, -0.1) is 0 Å². The van der Waals surface area contributed by atoms with Crippen molar-refractivity contribution in [1.29, 1.82) is 0 Å². The fourth-order valence-electron chi connectivity index (χ4n) is 1.45. The molecule has 2 amide bonds. The van der Waals surface area contributed by atoms with Gasteiger partial charge in [0.25, 0.3) is 11.8 Å². The van der Waals surface area contributed by atoms with Gasteiger partial charge in [-0.2, -0.15) is 0 Å². The van der Waals surface area contributed by atoms with Crippen molar-refractivity contribution in [3.05, 3.63) is 0 Å². The lowest BCUT2D eigenvalue weighted by Crippen LogP contribution is -2.40. The zero-order chi connectivity index (χ0) is 12.8. The molecule has 0 aromatic heterocycles. The van der Waals surface area contributed by atoms with E-state index < -0.39 is 0 Å². The number of nitrogens with zero attached hydrogens (tertiary/aromatic N) is 2. The molecule has 0 spiro atoms. The third-order valence-electron chi connectivity index (χ3n) is 2.26. The Morgan fingerprint density at radius 1 is 0.944 bits per heavy atom. The maximum absolute atomic E-state index is 11.4. The number of carbonyl (C=O) groups is 2. The fraction of sp³-hybridized carbons (Fsp3) is 0.600. The van der Waals surface area contributed by atoms with Gasteiger partial charge in [-0.3, -0.25) is 9.59 Å². The molecule has 0 unspecified atom stereocenters. The second-order valence-electron chi connectivity index (χ2n) is 3.58. The Kier molecular flexibility index (Phi) is 4.11. The minimum Gasteiger partial charge on any atom is -0.472 e. The van der Waals surface area contributed by atoms with Crippen molar-refractivity contribution in [1.82, 2.24) is 10.6 Å². The summed E-state index contributed by atoms with van der Waals surface area (Å²) in [5, 5.41) is 5.16. The number of aliphatic imine (C=N–C) groups is 2. The first-order valence-electron chi connectivity index (χ1n) is 5.68. The van der Waals surface area contributed by atoms with E-state index in [0.29, 0.717) is 39.4 Å².